The lowest BCUT2D eigenvalue weighted by Crippen LogP contribution is -2.34. The Hall–Kier alpha value is -2.53. The van der Waals surface area contributed by atoms with E-state index in [9.17, 15) is 8.78 Å². The fourth-order valence-electron chi connectivity index (χ4n) is 2.99. The molecule has 2 heterocycles. The minimum absolute atomic E-state index is 0.0194. The van der Waals surface area contributed by atoms with Gasteiger partial charge in [-0.1, -0.05) is 5.16 Å². The lowest BCUT2D eigenvalue weighted by molar-refractivity contribution is 0.240. The molecule has 0 radical (unpaired) electrons. The zero-order valence-electron chi connectivity index (χ0n) is 13.5. The topological polar surface area (TPSA) is 69.2 Å². The van der Waals surface area contributed by atoms with Gasteiger partial charge in [0, 0.05) is 26.1 Å². The molecule has 6 nitrogen and oxygen atoms in total. The van der Waals surface area contributed by atoms with Gasteiger partial charge in [0.15, 0.2) is 17.5 Å². The molecule has 1 unspecified atom stereocenters. The summed E-state index contributed by atoms with van der Waals surface area (Å²) >= 11 is 0. The molecule has 0 amide bonds. The number of rotatable bonds is 4. The number of nitriles is 1. The second kappa shape index (κ2) is 6.53. The normalized spacial score (nSPS) is 17.5. The van der Waals surface area contributed by atoms with Crippen LogP contribution >= 0.6 is 0 Å². The van der Waals surface area contributed by atoms with Crippen LogP contribution in [-0.2, 0) is 6.54 Å². The molecular weight excluding hydrogens is 316 g/mol. The molecule has 1 aromatic heterocycles. The van der Waals surface area contributed by atoms with Crippen LogP contribution in [0.25, 0.3) is 0 Å². The molecule has 0 spiro atoms. The van der Waals surface area contributed by atoms with Crippen LogP contribution in [0.1, 0.15) is 23.7 Å². The van der Waals surface area contributed by atoms with Gasteiger partial charge < -0.3 is 9.42 Å². The minimum atomic E-state index is -0.705. The quantitative estimate of drug-likeness (QED) is 0.855. The van der Waals surface area contributed by atoms with E-state index in [1.54, 1.807) is 17.9 Å². The van der Waals surface area contributed by atoms with E-state index in [1.165, 1.54) is 0 Å². The molecule has 3 rings (SSSR count). The third-order valence-corrected chi connectivity index (χ3v) is 4.21. The van der Waals surface area contributed by atoms with Crippen LogP contribution in [0.2, 0.25) is 0 Å². The number of hydrogen-bond donors (Lipinski definition) is 0. The molecule has 1 aromatic carbocycles. The predicted molar refractivity (Wildman–Crippen MR) is 82.2 cm³/mol. The zero-order valence-corrected chi connectivity index (χ0v) is 13.5. The summed E-state index contributed by atoms with van der Waals surface area (Å²) in [5.74, 6) is -0.315. The number of likely N-dealkylation sites (N-methyl/N-ethyl adjacent to an activating group) is 1. The number of nitrogens with zero attached hydrogens (tertiary/aromatic N) is 5. The molecule has 1 fully saturated rings. The standard InChI is InChI=1S/C16H17F2N5O/c1-10-20-15(21-24-10)9-22(2)12-3-4-23(8-12)16-13(17)5-11(7-19)6-14(16)18/h5-6,12H,3-4,8-9H2,1-2H3. The molecule has 0 N–H and O–H groups in total. The van der Waals surface area contributed by atoms with E-state index in [-0.39, 0.29) is 17.3 Å². The van der Waals surface area contributed by atoms with E-state index in [4.69, 9.17) is 9.78 Å². The predicted octanol–water partition coefficient (Wildman–Crippen LogP) is 2.24. The summed E-state index contributed by atoms with van der Waals surface area (Å²) < 4.78 is 33.2. The smallest absolute Gasteiger partial charge is 0.223 e. The Morgan fingerprint density at radius 1 is 1.42 bits per heavy atom. The highest BCUT2D eigenvalue weighted by atomic mass is 19.1. The Kier molecular flexibility index (Phi) is 4.44. The van der Waals surface area contributed by atoms with Crippen molar-refractivity contribution in [1.29, 1.82) is 5.26 Å². The third-order valence-electron chi connectivity index (χ3n) is 4.21. The van der Waals surface area contributed by atoms with Crippen LogP contribution in [0, 0.1) is 29.9 Å². The molecule has 8 heteroatoms. The summed E-state index contributed by atoms with van der Waals surface area (Å²) in [5, 5.41) is 12.6. The Balaban J connectivity index is 1.70. The van der Waals surface area contributed by atoms with Crippen molar-refractivity contribution in [3.63, 3.8) is 0 Å². The molecule has 1 atom stereocenters. The Morgan fingerprint density at radius 2 is 2.12 bits per heavy atom. The fourth-order valence-corrected chi connectivity index (χ4v) is 2.99. The summed E-state index contributed by atoms with van der Waals surface area (Å²) in [6.07, 6.45) is 0.770. The minimum Gasteiger partial charge on any atom is -0.365 e. The van der Waals surface area contributed by atoms with E-state index in [0.717, 1.165) is 18.6 Å². The summed E-state index contributed by atoms with van der Waals surface area (Å²) in [4.78, 5) is 7.88. The third kappa shape index (κ3) is 3.21. The fraction of sp³-hybridized carbons (Fsp3) is 0.438. The number of aromatic nitrogens is 2. The van der Waals surface area contributed by atoms with Gasteiger partial charge in [0.2, 0.25) is 5.89 Å². The average molecular weight is 333 g/mol. The maximum Gasteiger partial charge on any atom is 0.223 e. The highest BCUT2D eigenvalue weighted by Crippen LogP contribution is 2.29. The Labute approximate surface area is 138 Å². The first kappa shape index (κ1) is 16.3. The number of aryl methyl sites for hydroxylation is 1. The summed E-state index contributed by atoms with van der Waals surface area (Å²) in [7, 11) is 1.92. The monoisotopic (exact) mass is 333 g/mol. The van der Waals surface area contributed by atoms with Crippen molar-refractivity contribution in [2.24, 2.45) is 0 Å². The second-order valence-corrected chi connectivity index (χ2v) is 5.93. The molecular formula is C16H17F2N5O. The van der Waals surface area contributed by atoms with Crippen molar-refractivity contribution < 1.29 is 13.3 Å². The lowest BCUT2D eigenvalue weighted by Gasteiger charge is -2.24. The number of anilines is 1. The van der Waals surface area contributed by atoms with Gasteiger partial charge in [0.25, 0.3) is 0 Å². The van der Waals surface area contributed by atoms with E-state index in [0.29, 0.717) is 31.3 Å². The molecule has 126 valence electrons. The lowest BCUT2D eigenvalue weighted by atomic mass is 10.2. The first-order chi connectivity index (χ1) is 11.5. The van der Waals surface area contributed by atoms with Crippen LogP contribution in [0.4, 0.5) is 14.5 Å². The highest BCUT2D eigenvalue weighted by molar-refractivity contribution is 5.53. The van der Waals surface area contributed by atoms with Crippen molar-refractivity contribution in [2.45, 2.75) is 25.9 Å². The van der Waals surface area contributed by atoms with E-state index in [1.807, 2.05) is 11.9 Å². The molecule has 1 saturated heterocycles. The van der Waals surface area contributed by atoms with Crippen molar-refractivity contribution in [2.75, 3.05) is 25.0 Å². The number of hydrogen-bond acceptors (Lipinski definition) is 6. The van der Waals surface area contributed by atoms with Gasteiger partial charge in [-0.15, -0.1) is 0 Å². The number of benzene rings is 1. The Morgan fingerprint density at radius 3 is 2.71 bits per heavy atom. The molecule has 2 aromatic rings. The molecule has 1 aliphatic rings. The van der Waals surface area contributed by atoms with E-state index < -0.39 is 11.6 Å². The average Bonchev–Trinajstić information content (AvgIpc) is 3.16. The maximum absolute atomic E-state index is 14.1. The van der Waals surface area contributed by atoms with E-state index >= 15 is 0 Å². The molecule has 24 heavy (non-hydrogen) atoms. The molecule has 0 saturated carbocycles. The van der Waals surface area contributed by atoms with Crippen LogP contribution in [0.3, 0.4) is 0 Å². The molecule has 0 bridgehead atoms. The Bertz CT molecular complexity index is 762. The van der Waals surface area contributed by atoms with E-state index in [2.05, 4.69) is 10.1 Å². The van der Waals surface area contributed by atoms with Gasteiger partial charge in [-0.05, 0) is 25.6 Å². The number of halogens is 2. The summed E-state index contributed by atoms with van der Waals surface area (Å²) in [6, 6.07) is 4.01. The van der Waals surface area contributed by atoms with Crippen molar-refractivity contribution >= 4 is 5.69 Å². The van der Waals surface area contributed by atoms with Gasteiger partial charge in [-0.2, -0.15) is 10.2 Å². The van der Waals surface area contributed by atoms with Crippen LogP contribution in [0.5, 0.6) is 0 Å². The first-order valence-corrected chi connectivity index (χ1v) is 7.61. The second-order valence-electron chi connectivity index (χ2n) is 5.93. The van der Waals surface area contributed by atoms with Gasteiger partial charge in [0.05, 0.1) is 18.2 Å². The largest absolute Gasteiger partial charge is 0.365 e. The molecule has 1 aliphatic heterocycles. The summed E-state index contributed by atoms with van der Waals surface area (Å²) in [5.41, 5.74) is -0.0885. The first-order valence-electron chi connectivity index (χ1n) is 7.61. The van der Waals surface area contributed by atoms with Crippen molar-refractivity contribution in [1.82, 2.24) is 15.0 Å². The maximum atomic E-state index is 14.1. The van der Waals surface area contributed by atoms with Gasteiger partial charge in [-0.3, -0.25) is 4.90 Å². The van der Waals surface area contributed by atoms with Crippen molar-refractivity contribution in [3.8, 4) is 6.07 Å². The SMILES string of the molecule is Cc1nc(CN(C)C2CCN(c3c(F)cc(C#N)cc3F)C2)no1. The van der Waals surface area contributed by atoms with Crippen LogP contribution in [-0.4, -0.2) is 41.2 Å². The van der Waals surface area contributed by atoms with Crippen LogP contribution in [0.15, 0.2) is 16.7 Å². The van der Waals surface area contributed by atoms with Crippen LogP contribution < -0.4 is 4.90 Å². The zero-order chi connectivity index (χ0) is 17.3. The molecule has 0 aliphatic carbocycles. The van der Waals surface area contributed by atoms with Crippen molar-refractivity contribution in [3.05, 3.63) is 41.0 Å². The van der Waals surface area contributed by atoms with Gasteiger partial charge >= 0.3 is 0 Å². The highest BCUT2D eigenvalue weighted by Gasteiger charge is 2.30. The van der Waals surface area contributed by atoms with Gasteiger partial charge in [-0.25, -0.2) is 8.78 Å². The summed E-state index contributed by atoms with van der Waals surface area (Å²) in [6.45, 7) is 3.27. The van der Waals surface area contributed by atoms with Gasteiger partial charge in [0.1, 0.15) is 5.69 Å².